The summed E-state index contributed by atoms with van der Waals surface area (Å²) < 4.78 is 30.1. The zero-order valence-electron chi connectivity index (χ0n) is 26.7. The van der Waals surface area contributed by atoms with Crippen LogP contribution in [0.15, 0.2) is 174 Å². The van der Waals surface area contributed by atoms with Crippen molar-refractivity contribution in [1.82, 2.24) is 0 Å². The highest BCUT2D eigenvalue weighted by Crippen LogP contribution is 2.66. The van der Waals surface area contributed by atoms with E-state index in [-0.39, 0.29) is 0 Å². The molecule has 4 nitrogen and oxygen atoms in total. The standard InChI is InChI=1S/C44H30N2O2S/c1-29-23-25-31(26-24-29)46-39-21-11-12-22-41(39)49(47,48)43-40(46)28-27-36-42(43)32-15-5-6-16-33(32)44(36)34-17-7-9-19-37(34)45(30-13-3-2-4-14-30)38-20-10-8-18-35(38)44/h2-28H,1H3. The first-order chi connectivity index (χ1) is 24.0. The SMILES string of the molecule is Cc1ccc(N2c3ccccc3S(=O)(=O)c3c2ccc2c3-c3ccccc3C23c2ccccc2N(c2ccccc2)c2ccccc23)cc1. The highest BCUT2D eigenvalue weighted by atomic mass is 32.2. The van der Waals surface area contributed by atoms with Gasteiger partial charge in [0.1, 0.15) is 4.90 Å². The van der Waals surface area contributed by atoms with Crippen LogP contribution in [0.4, 0.5) is 34.1 Å². The van der Waals surface area contributed by atoms with Crippen LogP contribution in [0.3, 0.4) is 0 Å². The molecule has 234 valence electrons. The Balaban J connectivity index is 1.35. The van der Waals surface area contributed by atoms with Gasteiger partial charge in [0.25, 0.3) is 0 Å². The zero-order chi connectivity index (χ0) is 32.9. The van der Waals surface area contributed by atoms with Gasteiger partial charge in [-0.05, 0) is 89.3 Å². The van der Waals surface area contributed by atoms with Gasteiger partial charge in [0.05, 0.1) is 33.1 Å². The number of nitrogens with zero attached hydrogens (tertiary/aromatic N) is 2. The largest absolute Gasteiger partial charge is 0.310 e. The predicted molar refractivity (Wildman–Crippen MR) is 197 cm³/mol. The van der Waals surface area contributed by atoms with Crippen molar-refractivity contribution in [3.05, 3.63) is 192 Å². The number of rotatable bonds is 2. The van der Waals surface area contributed by atoms with Crippen LogP contribution in [0.1, 0.15) is 27.8 Å². The normalized spacial score (nSPS) is 15.4. The summed E-state index contributed by atoms with van der Waals surface area (Å²) in [5.41, 5.74) is 11.9. The fourth-order valence-corrected chi connectivity index (χ4v) is 10.4. The number of anilines is 6. The van der Waals surface area contributed by atoms with Crippen LogP contribution in [-0.4, -0.2) is 8.42 Å². The Hall–Kier alpha value is -5.91. The third-order valence-electron chi connectivity index (χ3n) is 10.5. The van der Waals surface area contributed by atoms with Crippen LogP contribution in [0, 0.1) is 6.92 Å². The summed E-state index contributed by atoms with van der Waals surface area (Å²) >= 11 is 0. The number of para-hydroxylation sites is 4. The van der Waals surface area contributed by atoms with Gasteiger partial charge in [-0.2, -0.15) is 0 Å². The minimum atomic E-state index is -3.93. The van der Waals surface area contributed by atoms with Crippen molar-refractivity contribution in [2.45, 2.75) is 22.1 Å². The van der Waals surface area contributed by atoms with Crippen molar-refractivity contribution in [3.63, 3.8) is 0 Å². The van der Waals surface area contributed by atoms with Crippen LogP contribution in [0.25, 0.3) is 11.1 Å². The fraction of sp³-hybridized carbons (Fsp3) is 0.0455. The number of hydrogen-bond donors (Lipinski definition) is 0. The Labute approximate surface area is 286 Å². The lowest BCUT2D eigenvalue weighted by Gasteiger charge is -2.45. The highest BCUT2D eigenvalue weighted by Gasteiger charge is 2.54. The minimum Gasteiger partial charge on any atom is -0.310 e. The molecule has 49 heavy (non-hydrogen) atoms. The number of benzene rings is 7. The van der Waals surface area contributed by atoms with Gasteiger partial charge in [0.2, 0.25) is 9.84 Å². The molecule has 1 aliphatic carbocycles. The number of fused-ring (bicyclic) bond motifs is 12. The van der Waals surface area contributed by atoms with E-state index in [1.165, 1.54) is 0 Å². The fourth-order valence-electron chi connectivity index (χ4n) is 8.54. The van der Waals surface area contributed by atoms with Gasteiger partial charge >= 0.3 is 0 Å². The Kier molecular flexibility index (Phi) is 5.77. The maximum Gasteiger partial charge on any atom is 0.211 e. The second-order valence-electron chi connectivity index (χ2n) is 13.0. The molecular weight excluding hydrogens is 621 g/mol. The van der Waals surface area contributed by atoms with Crippen molar-refractivity contribution in [2.24, 2.45) is 0 Å². The first kappa shape index (κ1) is 28.1. The molecule has 7 aromatic rings. The van der Waals surface area contributed by atoms with Gasteiger partial charge in [0.15, 0.2) is 0 Å². The van der Waals surface area contributed by atoms with E-state index in [4.69, 9.17) is 0 Å². The highest BCUT2D eigenvalue weighted by molar-refractivity contribution is 7.92. The summed E-state index contributed by atoms with van der Waals surface area (Å²) in [4.78, 5) is 5.11. The van der Waals surface area contributed by atoms with Crippen molar-refractivity contribution >= 4 is 44.0 Å². The molecular formula is C44H30N2O2S. The molecule has 3 aliphatic rings. The molecule has 2 aliphatic heterocycles. The number of hydrogen-bond acceptors (Lipinski definition) is 4. The first-order valence-electron chi connectivity index (χ1n) is 16.5. The molecule has 10 rings (SSSR count). The maximum atomic E-state index is 15.1. The molecule has 2 heterocycles. The Bertz CT molecular complexity index is 2550. The van der Waals surface area contributed by atoms with E-state index >= 15 is 8.42 Å². The van der Waals surface area contributed by atoms with Crippen molar-refractivity contribution in [3.8, 4) is 11.1 Å². The van der Waals surface area contributed by atoms with Crippen LogP contribution < -0.4 is 9.80 Å². The van der Waals surface area contributed by atoms with Crippen molar-refractivity contribution < 1.29 is 8.42 Å². The van der Waals surface area contributed by atoms with Gasteiger partial charge in [-0.1, -0.05) is 115 Å². The molecule has 0 atom stereocenters. The molecule has 0 fully saturated rings. The molecule has 0 radical (unpaired) electrons. The molecule has 5 heteroatoms. The molecule has 0 unspecified atom stereocenters. The van der Waals surface area contributed by atoms with E-state index in [0.717, 1.165) is 61.7 Å². The second kappa shape index (κ2) is 10.0. The Morgan fingerprint density at radius 1 is 0.449 bits per heavy atom. The van der Waals surface area contributed by atoms with Gasteiger partial charge in [-0.15, -0.1) is 0 Å². The molecule has 0 aromatic heterocycles. The minimum absolute atomic E-state index is 0.314. The number of sulfone groups is 1. The molecule has 0 N–H and O–H groups in total. The summed E-state index contributed by atoms with van der Waals surface area (Å²) in [6.07, 6.45) is 0. The lowest BCUT2D eigenvalue weighted by atomic mass is 9.64. The molecule has 0 amide bonds. The van der Waals surface area contributed by atoms with Gasteiger partial charge < -0.3 is 9.80 Å². The third kappa shape index (κ3) is 3.60. The summed E-state index contributed by atoms with van der Waals surface area (Å²) in [5, 5.41) is 0. The van der Waals surface area contributed by atoms with E-state index in [1.54, 1.807) is 6.07 Å². The van der Waals surface area contributed by atoms with E-state index < -0.39 is 15.3 Å². The van der Waals surface area contributed by atoms with E-state index in [2.05, 4.69) is 138 Å². The first-order valence-corrected chi connectivity index (χ1v) is 18.0. The van der Waals surface area contributed by atoms with E-state index in [9.17, 15) is 0 Å². The Morgan fingerprint density at radius 3 is 1.67 bits per heavy atom. The van der Waals surface area contributed by atoms with Crippen LogP contribution in [-0.2, 0) is 15.3 Å². The van der Waals surface area contributed by atoms with Crippen molar-refractivity contribution in [2.75, 3.05) is 9.80 Å². The average Bonchev–Trinajstić information content (AvgIpc) is 3.44. The molecule has 0 saturated heterocycles. The van der Waals surface area contributed by atoms with Crippen molar-refractivity contribution in [1.29, 1.82) is 0 Å². The summed E-state index contributed by atoms with van der Waals surface area (Å²) in [5.74, 6) is 0. The maximum absolute atomic E-state index is 15.1. The molecule has 0 bridgehead atoms. The van der Waals surface area contributed by atoms with E-state index in [1.807, 2.05) is 36.4 Å². The topological polar surface area (TPSA) is 40.6 Å². The summed E-state index contributed by atoms with van der Waals surface area (Å²) in [6.45, 7) is 2.06. The predicted octanol–water partition coefficient (Wildman–Crippen LogP) is 10.8. The summed E-state index contributed by atoms with van der Waals surface area (Å²) in [7, 11) is -3.93. The molecule has 1 spiro atoms. The average molecular weight is 651 g/mol. The van der Waals surface area contributed by atoms with Crippen LogP contribution >= 0.6 is 0 Å². The lowest BCUT2D eigenvalue weighted by molar-refractivity contribution is 0.595. The van der Waals surface area contributed by atoms with Gasteiger partial charge in [0, 0.05) is 16.9 Å². The third-order valence-corrected chi connectivity index (χ3v) is 12.3. The smallest absolute Gasteiger partial charge is 0.211 e. The van der Waals surface area contributed by atoms with Crippen LogP contribution in [0.2, 0.25) is 0 Å². The zero-order valence-corrected chi connectivity index (χ0v) is 27.5. The monoisotopic (exact) mass is 650 g/mol. The lowest BCUT2D eigenvalue weighted by Crippen LogP contribution is -2.36. The molecule has 7 aromatic carbocycles. The number of aryl methyl sites for hydroxylation is 1. The van der Waals surface area contributed by atoms with Gasteiger partial charge in [-0.3, -0.25) is 0 Å². The van der Waals surface area contributed by atoms with Gasteiger partial charge in [-0.25, -0.2) is 8.42 Å². The second-order valence-corrected chi connectivity index (χ2v) is 14.8. The molecule has 0 saturated carbocycles. The summed E-state index contributed by atoms with van der Waals surface area (Å²) in [6, 6.07) is 55.9. The van der Waals surface area contributed by atoms with Crippen LogP contribution in [0.5, 0.6) is 0 Å². The quantitative estimate of drug-likeness (QED) is 0.187. The Morgan fingerprint density at radius 2 is 0.980 bits per heavy atom. The van der Waals surface area contributed by atoms with E-state index in [0.29, 0.717) is 21.2 Å².